The third kappa shape index (κ3) is 9.38. The van der Waals surface area contributed by atoms with Gasteiger partial charge in [-0.15, -0.1) is 0 Å². The Morgan fingerprint density at radius 2 is 1.84 bits per heavy atom. The molecule has 43 heavy (non-hydrogen) atoms. The predicted octanol–water partition coefficient (Wildman–Crippen LogP) is 3.33. The number of nitrogen functional groups attached to an aromatic ring is 1. The van der Waals surface area contributed by atoms with E-state index in [0.29, 0.717) is 30.4 Å². The van der Waals surface area contributed by atoms with Gasteiger partial charge in [0.1, 0.15) is 5.82 Å². The van der Waals surface area contributed by atoms with E-state index in [1.165, 1.54) is 7.11 Å². The van der Waals surface area contributed by atoms with Crippen LogP contribution in [0.1, 0.15) is 73.8 Å². The normalized spacial score (nSPS) is 14.2. The summed E-state index contributed by atoms with van der Waals surface area (Å²) < 4.78 is 5.47. The van der Waals surface area contributed by atoms with E-state index in [1.807, 2.05) is 19.1 Å². The van der Waals surface area contributed by atoms with Crippen LogP contribution in [0.2, 0.25) is 0 Å². The highest BCUT2D eigenvalue weighted by Gasteiger charge is 2.29. The number of nitrogens with two attached hydrogens (primary N) is 1. The number of pyridine rings is 1. The van der Waals surface area contributed by atoms with E-state index in [0.717, 1.165) is 24.1 Å². The van der Waals surface area contributed by atoms with E-state index in [1.54, 1.807) is 36.7 Å². The number of phenolic OH excluding ortho intramolecular Hbond substituents is 1. The van der Waals surface area contributed by atoms with Crippen LogP contribution in [0.15, 0.2) is 48.8 Å². The molecular weight excluding hydrogens is 550 g/mol. The van der Waals surface area contributed by atoms with Crippen LogP contribution in [0.25, 0.3) is 0 Å². The van der Waals surface area contributed by atoms with Gasteiger partial charge in [0, 0.05) is 43.7 Å². The molecule has 10 nitrogen and oxygen atoms in total. The fourth-order valence-corrected chi connectivity index (χ4v) is 5.62. The van der Waals surface area contributed by atoms with Crippen molar-refractivity contribution in [1.82, 2.24) is 9.97 Å². The number of carbonyl (C=O) groups is 2. The van der Waals surface area contributed by atoms with Gasteiger partial charge in [0.15, 0.2) is 29.2 Å². The first kappa shape index (κ1) is 33.8. The Morgan fingerprint density at radius 3 is 2.47 bits per heavy atom. The first-order valence-corrected chi connectivity index (χ1v) is 14.8. The number of rotatable bonds is 19. The van der Waals surface area contributed by atoms with Crippen molar-refractivity contribution in [2.24, 2.45) is 11.8 Å². The standard InChI is InChI=1S/C33H44N3O7/c1-3-6-21(19-37)7-4-9-27(39)33(42)28(40)11-10-22-15-26(32(41)29(16-22)43-2)31(23-12-14-36-30(34)18-23)24(20-38)17-25-8-5-13-35-25/h5,8,12-16,18,21,24,31,33,37-38,41-42H,3-4,6-7,9-11,17,19-20H2,1-2H3,(H2,34,36)/q-1. The fraction of sp³-hybridized carbons (Fsp3) is 0.485. The molecule has 0 aliphatic carbocycles. The smallest absolute Gasteiger partial charge is 0.170 e. The Morgan fingerprint density at radius 1 is 1.07 bits per heavy atom. The predicted molar refractivity (Wildman–Crippen MR) is 163 cm³/mol. The van der Waals surface area contributed by atoms with Gasteiger partial charge in [-0.1, -0.05) is 31.5 Å². The Hall–Kier alpha value is -3.73. The van der Waals surface area contributed by atoms with Crippen molar-refractivity contribution in [3.63, 3.8) is 0 Å². The van der Waals surface area contributed by atoms with E-state index >= 15 is 0 Å². The number of Topliss-reactive ketones (excluding diaryl/α,β-unsaturated/α-hetero) is 2. The van der Waals surface area contributed by atoms with Crippen LogP contribution in [0, 0.1) is 11.8 Å². The second kappa shape index (κ2) is 16.8. The average Bonchev–Trinajstić information content (AvgIpc) is 3.52. The number of hydrogen-bond donors (Lipinski definition) is 5. The van der Waals surface area contributed by atoms with Crippen molar-refractivity contribution >= 4 is 17.4 Å². The van der Waals surface area contributed by atoms with Crippen molar-refractivity contribution in [2.45, 2.75) is 70.3 Å². The maximum Gasteiger partial charge on any atom is 0.170 e. The van der Waals surface area contributed by atoms with Gasteiger partial charge in [-0.05, 0) is 73.3 Å². The molecule has 4 unspecified atom stereocenters. The van der Waals surface area contributed by atoms with Crippen LogP contribution in [-0.2, 0) is 22.4 Å². The van der Waals surface area contributed by atoms with Crippen LogP contribution in [0.4, 0.5) is 5.82 Å². The number of nitrogens with zero attached hydrogens (tertiary/aromatic N) is 2. The summed E-state index contributed by atoms with van der Waals surface area (Å²) in [5.74, 6) is -1.55. The minimum absolute atomic E-state index is 0.0560. The van der Waals surface area contributed by atoms with Gasteiger partial charge in [0.25, 0.3) is 0 Å². The molecule has 234 valence electrons. The largest absolute Gasteiger partial charge is 0.668 e. The van der Waals surface area contributed by atoms with E-state index < -0.39 is 29.5 Å². The lowest BCUT2D eigenvalue weighted by Gasteiger charge is -2.29. The van der Waals surface area contributed by atoms with Gasteiger partial charge in [-0.2, -0.15) is 11.9 Å². The summed E-state index contributed by atoms with van der Waals surface area (Å²) in [6.07, 6.45) is 5.09. The quantitative estimate of drug-likeness (QED) is 0.129. The average molecular weight is 595 g/mol. The molecule has 2 heterocycles. The topological polar surface area (TPSA) is 177 Å². The number of phenols is 1. The Bertz CT molecular complexity index is 1310. The summed E-state index contributed by atoms with van der Waals surface area (Å²) in [6.45, 7) is 1.88. The number of hydrogen-bond acceptors (Lipinski definition) is 9. The highest BCUT2D eigenvalue weighted by atomic mass is 16.5. The molecule has 0 amide bonds. The molecule has 0 fully saturated rings. The van der Waals surface area contributed by atoms with Crippen molar-refractivity contribution in [3.05, 3.63) is 71.2 Å². The third-order valence-corrected chi connectivity index (χ3v) is 7.94. The molecule has 4 atom stereocenters. The van der Waals surface area contributed by atoms with Crippen LogP contribution in [0.5, 0.6) is 11.5 Å². The van der Waals surface area contributed by atoms with Crippen LogP contribution < -0.4 is 15.5 Å². The number of aromatic nitrogens is 2. The molecule has 6 N–H and O–H groups in total. The number of aryl methyl sites for hydroxylation is 1. The van der Waals surface area contributed by atoms with Gasteiger partial charge < -0.3 is 35.9 Å². The first-order valence-electron chi connectivity index (χ1n) is 14.8. The molecule has 1 aromatic carbocycles. The zero-order valence-electron chi connectivity index (χ0n) is 25.0. The Kier molecular flexibility index (Phi) is 13.2. The number of ether oxygens (including phenoxy) is 1. The summed E-state index contributed by atoms with van der Waals surface area (Å²) in [7, 11) is 1.43. The summed E-state index contributed by atoms with van der Waals surface area (Å²) in [5.41, 5.74) is 8.64. The lowest BCUT2D eigenvalue weighted by atomic mass is 9.78. The minimum Gasteiger partial charge on any atom is -0.668 e. The van der Waals surface area contributed by atoms with Gasteiger partial charge in [-0.3, -0.25) is 9.59 Å². The second-order valence-corrected chi connectivity index (χ2v) is 11.1. The molecule has 0 aliphatic heterocycles. The number of anilines is 1. The Balaban J connectivity index is 1.82. The molecular formula is C33H44N3O7-. The van der Waals surface area contributed by atoms with Crippen molar-refractivity contribution in [2.75, 3.05) is 26.1 Å². The summed E-state index contributed by atoms with van der Waals surface area (Å²) in [5, 5.41) is 41.6. The molecule has 3 rings (SSSR count). The number of benzene rings is 1. The molecule has 0 aliphatic rings. The molecule has 10 heteroatoms. The SMILES string of the molecule is CCCC(CO)CCCC(=O)C(O)C(=O)CCc1cc(OC)c(O)c(C(c2ccnc(N)c2)C(CO)Cc2ccc[n-]2)c1. The number of aliphatic hydroxyl groups excluding tert-OH is 3. The van der Waals surface area contributed by atoms with E-state index in [9.17, 15) is 30.0 Å². The maximum absolute atomic E-state index is 12.8. The van der Waals surface area contributed by atoms with Crippen LogP contribution in [-0.4, -0.2) is 63.4 Å². The minimum atomic E-state index is -1.71. The summed E-state index contributed by atoms with van der Waals surface area (Å²) in [4.78, 5) is 33.7. The molecule has 2 aromatic heterocycles. The van der Waals surface area contributed by atoms with E-state index in [4.69, 9.17) is 10.5 Å². The highest BCUT2D eigenvalue weighted by Crippen LogP contribution is 2.43. The van der Waals surface area contributed by atoms with Gasteiger partial charge in [0.2, 0.25) is 0 Å². The van der Waals surface area contributed by atoms with E-state index in [2.05, 4.69) is 9.97 Å². The van der Waals surface area contributed by atoms with Gasteiger partial charge >= 0.3 is 0 Å². The second-order valence-electron chi connectivity index (χ2n) is 11.1. The Labute approximate surface area is 252 Å². The third-order valence-electron chi connectivity index (χ3n) is 7.94. The zero-order chi connectivity index (χ0) is 31.4. The first-order chi connectivity index (χ1) is 20.7. The number of ketones is 2. The summed E-state index contributed by atoms with van der Waals surface area (Å²) in [6, 6.07) is 10.5. The number of methoxy groups -OCH3 is 1. The van der Waals surface area contributed by atoms with Gasteiger partial charge in [0.05, 0.1) is 7.11 Å². The van der Waals surface area contributed by atoms with E-state index in [-0.39, 0.29) is 55.7 Å². The van der Waals surface area contributed by atoms with Gasteiger partial charge in [-0.25, -0.2) is 4.98 Å². The zero-order valence-corrected chi connectivity index (χ0v) is 25.0. The number of carbonyl (C=O) groups excluding carboxylic acids is 2. The van der Waals surface area contributed by atoms with Crippen molar-refractivity contribution < 1.29 is 34.8 Å². The molecule has 3 aromatic rings. The van der Waals surface area contributed by atoms with Crippen LogP contribution >= 0.6 is 0 Å². The maximum atomic E-state index is 12.8. The lowest BCUT2D eigenvalue weighted by molar-refractivity contribution is -0.138. The van der Waals surface area contributed by atoms with Crippen LogP contribution in [0.3, 0.4) is 0 Å². The summed E-state index contributed by atoms with van der Waals surface area (Å²) >= 11 is 0. The number of aliphatic hydroxyl groups is 3. The molecule has 0 saturated carbocycles. The molecule has 0 saturated heterocycles. The molecule has 0 spiro atoms. The monoisotopic (exact) mass is 594 g/mol. The number of aromatic hydroxyl groups is 1. The molecule has 0 bridgehead atoms. The van der Waals surface area contributed by atoms with Crippen molar-refractivity contribution in [3.8, 4) is 11.5 Å². The van der Waals surface area contributed by atoms with Crippen molar-refractivity contribution in [1.29, 1.82) is 0 Å². The highest BCUT2D eigenvalue weighted by molar-refractivity contribution is 6.05. The lowest BCUT2D eigenvalue weighted by Crippen LogP contribution is -2.30. The fourth-order valence-electron chi connectivity index (χ4n) is 5.62. The molecule has 0 radical (unpaired) electrons.